The van der Waals surface area contributed by atoms with E-state index in [4.69, 9.17) is 5.73 Å². The lowest BCUT2D eigenvalue weighted by atomic mass is 9.94. The summed E-state index contributed by atoms with van der Waals surface area (Å²) in [4.78, 5) is 16.2. The molecule has 0 saturated carbocycles. The van der Waals surface area contributed by atoms with Crippen LogP contribution in [0.25, 0.3) is 11.4 Å². The zero-order valence-electron chi connectivity index (χ0n) is 13.3. The van der Waals surface area contributed by atoms with Gasteiger partial charge in [0.2, 0.25) is 5.91 Å². The molecule has 0 saturated heterocycles. The van der Waals surface area contributed by atoms with Crippen molar-refractivity contribution in [1.29, 1.82) is 0 Å². The van der Waals surface area contributed by atoms with Crippen molar-refractivity contribution in [2.24, 2.45) is 17.6 Å². The Morgan fingerprint density at radius 2 is 1.95 bits per heavy atom. The van der Waals surface area contributed by atoms with Crippen LogP contribution in [0.2, 0.25) is 0 Å². The highest BCUT2D eigenvalue weighted by Gasteiger charge is 2.13. The summed E-state index contributed by atoms with van der Waals surface area (Å²) >= 11 is 0. The van der Waals surface area contributed by atoms with Gasteiger partial charge in [0.05, 0.1) is 6.54 Å². The predicted molar refractivity (Wildman–Crippen MR) is 87.0 cm³/mol. The summed E-state index contributed by atoms with van der Waals surface area (Å²) in [5.41, 5.74) is 7.16. The minimum Gasteiger partial charge on any atom is -0.326 e. The van der Waals surface area contributed by atoms with Crippen LogP contribution in [0.1, 0.15) is 33.0 Å². The van der Waals surface area contributed by atoms with E-state index >= 15 is 0 Å². The molecule has 1 amide bonds. The van der Waals surface area contributed by atoms with Crippen LogP contribution in [0, 0.1) is 11.8 Å². The second-order valence-electron chi connectivity index (χ2n) is 5.86. The monoisotopic (exact) mass is 301 g/mol. The number of carbonyl (C=O) groups excluding carboxylic acids is 1. The molecule has 0 fully saturated rings. The number of nitrogens with two attached hydrogens (primary N) is 1. The number of nitrogens with one attached hydrogen (secondary N) is 2. The van der Waals surface area contributed by atoms with E-state index in [-0.39, 0.29) is 5.91 Å². The van der Waals surface area contributed by atoms with Crippen LogP contribution >= 0.6 is 0 Å². The largest absolute Gasteiger partial charge is 0.326 e. The first kappa shape index (κ1) is 16.2. The number of nitrogens with zero attached hydrogens (tertiary/aromatic N) is 2. The predicted octanol–water partition coefficient (Wildman–Crippen LogP) is 2.55. The molecule has 1 heterocycles. The molecule has 0 spiro atoms. The van der Waals surface area contributed by atoms with Crippen LogP contribution in [0.5, 0.6) is 0 Å². The van der Waals surface area contributed by atoms with Gasteiger partial charge in [-0.15, -0.1) is 0 Å². The number of rotatable bonds is 6. The van der Waals surface area contributed by atoms with E-state index in [0.717, 1.165) is 11.3 Å². The lowest BCUT2D eigenvalue weighted by Gasteiger charge is -2.14. The summed E-state index contributed by atoms with van der Waals surface area (Å²) in [6.45, 7) is 6.67. The second kappa shape index (κ2) is 7.17. The Kier molecular flexibility index (Phi) is 5.27. The molecule has 0 aliphatic rings. The Balaban J connectivity index is 1.98. The summed E-state index contributed by atoms with van der Waals surface area (Å²) in [5.74, 6) is 2.15. The smallest absolute Gasteiger partial charge is 0.224 e. The van der Waals surface area contributed by atoms with E-state index in [1.165, 1.54) is 0 Å². The van der Waals surface area contributed by atoms with Crippen molar-refractivity contribution in [3.63, 3.8) is 0 Å². The SMILES string of the molecule is CC(C)C(C)CC(=O)Nc1ccc(-c2n[nH]c(CN)n2)cc1. The van der Waals surface area contributed by atoms with E-state index in [0.29, 0.717) is 36.5 Å². The number of aromatic amines is 1. The van der Waals surface area contributed by atoms with E-state index in [2.05, 4.69) is 41.3 Å². The van der Waals surface area contributed by atoms with Crippen molar-refractivity contribution in [1.82, 2.24) is 15.2 Å². The molecule has 2 rings (SSSR count). The average Bonchev–Trinajstić information content (AvgIpc) is 2.96. The second-order valence-corrected chi connectivity index (χ2v) is 5.86. The van der Waals surface area contributed by atoms with Gasteiger partial charge in [-0.1, -0.05) is 20.8 Å². The normalized spacial score (nSPS) is 12.4. The maximum atomic E-state index is 12.0. The van der Waals surface area contributed by atoms with Crippen LogP contribution in [-0.2, 0) is 11.3 Å². The Hall–Kier alpha value is -2.21. The molecular formula is C16H23N5O. The van der Waals surface area contributed by atoms with Crippen LogP contribution in [0.3, 0.4) is 0 Å². The van der Waals surface area contributed by atoms with E-state index < -0.39 is 0 Å². The number of carbonyl (C=O) groups is 1. The van der Waals surface area contributed by atoms with Gasteiger partial charge in [-0.25, -0.2) is 4.98 Å². The lowest BCUT2D eigenvalue weighted by Crippen LogP contribution is -2.17. The van der Waals surface area contributed by atoms with Crippen molar-refractivity contribution in [2.75, 3.05) is 5.32 Å². The van der Waals surface area contributed by atoms with E-state index in [1.54, 1.807) is 0 Å². The zero-order chi connectivity index (χ0) is 16.1. The topological polar surface area (TPSA) is 96.7 Å². The van der Waals surface area contributed by atoms with Gasteiger partial charge in [-0.05, 0) is 36.1 Å². The Morgan fingerprint density at radius 3 is 2.50 bits per heavy atom. The molecule has 4 N–H and O–H groups in total. The highest BCUT2D eigenvalue weighted by molar-refractivity contribution is 5.91. The maximum Gasteiger partial charge on any atom is 0.224 e. The summed E-state index contributed by atoms with van der Waals surface area (Å²) < 4.78 is 0. The quantitative estimate of drug-likeness (QED) is 0.764. The molecule has 118 valence electrons. The van der Waals surface area contributed by atoms with Crippen molar-refractivity contribution >= 4 is 11.6 Å². The van der Waals surface area contributed by atoms with Crippen LogP contribution in [-0.4, -0.2) is 21.1 Å². The first-order valence-electron chi connectivity index (χ1n) is 7.51. The minimum absolute atomic E-state index is 0.0391. The van der Waals surface area contributed by atoms with Crippen LogP contribution in [0.15, 0.2) is 24.3 Å². The molecule has 0 aliphatic heterocycles. The summed E-state index contributed by atoms with van der Waals surface area (Å²) in [5, 5.41) is 9.80. The molecule has 0 radical (unpaired) electrons. The van der Waals surface area contributed by atoms with Gasteiger partial charge in [-0.2, -0.15) is 5.10 Å². The number of hydrogen-bond acceptors (Lipinski definition) is 4. The fourth-order valence-electron chi connectivity index (χ4n) is 1.96. The molecule has 22 heavy (non-hydrogen) atoms. The van der Waals surface area contributed by atoms with E-state index in [9.17, 15) is 4.79 Å². The standard InChI is InChI=1S/C16H23N5O/c1-10(2)11(3)8-15(22)18-13-6-4-12(5-7-13)16-19-14(9-17)20-21-16/h4-7,10-11H,8-9,17H2,1-3H3,(H,18,22)(H,19,20,21). The highest BCUT2D eigenvalue weighted by atomic mass is 16.1. The van der Waals surface area contributed by atoms with Crippen molar-refractivity contribution in [3.8, 4) is 11.4 Å². The van der Waals surface area contributed by atoms with Gasteiger partial charge >= 0.3 is 0 Å². The number of aromatic nitrogens is 3. The molecule has 6 heteroatoms. The number of benzene rings is 1. The Labute approximate surface area is 130 Å². The fourth-order valence-corrected chi connectivity index (χ4v) is 1.96. The van der Waals surface area contributed by atoms with Crippen LogP contribution in [0.4, 0.5) is 5.69 Å². The highest BCUT2D eigenvalue weighted by Crippen LogP contribution is 2.19. The molecule has 1 aromatic heterocycles. The molecule has 1 atom stereocenters. The lowest BCUT2D eigenvalue weighted by molar-refractivity contribution is -0.117. The fraction of sp³-hybridized carbons (Fsp3) is 0.438. The van der Waals surface area contributed by atoms with Crippen LogP contribution < -0.4 is 11.1 Å². The van der Waals surface area contributed by atoms with Gasteiger partial charge in [0.1, 0.15) is 5.82 Å². The van der Waals surface area contributed by atoms with Crippen molar-refractivity contribution in [2.45, 2.75) is 33.7 Å². The number of H-pyrrole nitrogens is 1. The molecule has 0 bridgehead atoms. The third kappa shape index (κ3) is 4.14. The number of hydrogen-bond donors (Lipinski definition) is 3. The molecule has 1 unspecified atom stereocenters. The van der Waals surface area contributed by atoms with Gasteiger partial charge < -0.3 is 11.1 Å². The molecule has 2 aromatic rings. The van der Waals surface area contributed by atoms with E-state index in [1.807, 2.05) is 24.3 Å². The number of amides is 1. The van der Waals surface area contributed by atoms with Gasteiger partial charge in [0.15, 0.2) is 5.82 Å². The molecule has 6 nitrogen and oxygen atoms in total. The Bertz CT molecular complexity index is 618. The summed E-state index contributed by atoms with van der Waals surface area (Å²) in [6.07, 6.45) is 0.528. The first-order chi connectivity index (χ1) is 10.5. The summed E-state index contributed by atoms with van der Waals surface area (Å²) in [7, 11) is 0. The number of anilines is 1. The molecule has 0 aliphatic carbocycles. The zero-order valence-corrected chi connectivity index (χ0v) is 13.3. The van der Waals surface area contributed by atoms with Gasteiger partial charge in [0, 0.05) is 17.7 Å². The molecule has 1 aromatic carbocycles. The first-order valence-corrected chi connectivity index (χ1v) is 7.51. The Morgan fingerprint density at radius 1 is 1.27 bits per heavy atom. The third-order valence-corrected chi connectivity index (χ3v) is 3.80. The van der Waals surface area contributed by atoms with Gasteiger partial charge in [-0.3, -0.25) is 9.89 Å². The minimum atomic E-state index is 0.0391. The maximum absolute atomic E-state index is 12.0. The molecular weight excluding hydrogens is 278 g/mol. The van der Waals surface area contributed by atoms with Crippen molar-refractivity contribution in [3.05, 3.63) is 30.1 Å². The summed E-state index contributed by atoms with van der Waals surface area (Å²) in [6, 6.07) is 7.47. The van der Waals surface area contributed by atoms with Gasteiger partial charge in [0.25, 0.3) is 0 Å². The van der Waals surface area contributed by atoms with Crippen molar-refractivity contribution < 1.29 is 4.79 Å². The average molecular weight is 301 g/mol. The third-order valence-electron chi connectivity index (χ3n) is 3.80.